The maximum atomic E-state index is 15.1. The Kier molecular flexibility index (Phi) is 5.59. The summed E-state index contributed by atoms with van der Waals surface area (Å²) in [6.07, 6.45) is 0.970. The molecule has 1 aliphatic heterocycles. The number of nitrogens with one attached hydrogen (secondary N) is 1. The van der Waals surface area contributed by atoms with Crippen molar-refractivity contribution in [1.29, 1.82) is 0 Å². The lowest BCUT2D eigenvalue weighted by Gasteiger charge is -2.20. The molecule has 1 heterocycles. The molecule has 26 heavy (non-hydrogen) atoms. The number of benzene rings is 2. The van der Waals surface area contributed by atoms with Gasteiger partial charge in [-0.1, -0.05) is 43.8 Å². The van der Waals surface area contributed by atoms with Gasteiger partial charge in [0.05, 0.1) is 5.69 Å². The third kappa shape index (κ3) is 3.34. The van der Waals surface area contributed by atoms with Crippen LogP contribution in [0.3, 0.4) is 0 Å². The molecular weight excluding hydrogens is 374 g/mol. The summed E-state index contributed by atoms with van der Waals surface area (Å²) < 4.78 is 15.1. The van der Waals surface area contributed by atoms with E-state index in [1.165, 1.54) is 4.90 Å². The second kappa shape index (κ2) is 7.73. The van der Waals surface area contributed by atoms with Gasteiger partial charge in [0.2, 0.25) is 12.3 Å². The molecule has 2 amide bonds. The molecule has 0 aromatic heterocycles. The summed E-state index contributed by atoms with van der Waals surface area (Å²) in [6.45, 7) is 4.62. The van der Waals surface area contributed by atoms with E-state index in [4.69, 9.17) is 11.6 Å². The Hall–Kier alpha value is -1.97. The van der Waals surface area contributed by atoms with Gasteiger partial charge in [0.15, 0.2) is 5.82 Å². The highest BCUT2D eigenvalue weighted by Crippen LogP contribution is 2.38. The molecule has 7 heteroatoms. The summed E-state index contributed by atoms with van der Waals surface area (Å²) in [6, 6.07) is 10.5. The van der Waals surface area contributed by atoms with Gasteiger partial charge in [-0.25, -0.2) is 4.39 Å². The van der Waals surface area contributed by atoms with Gasteiger partial charge in [-0.3, -0.25) is 9.59 Å². The highest BCUT2D eigenvalue weighted by molar-refractivity contribution is 7.64. The second-order valence-corrected chi connectivity index (χ2v) is 8.94. The molecule has 136 valence electrons. The van der Waals surface area contributed by atoms with Crippen LogP contribution in [0.2, 0.25) is 5.02 Å². The van der Waals surface area contributed by atoms with E-state index in [-0.39, 0.29) is 10.9 Å². The van der Waals surface area contributed by atoms with Gasteiger partial charge >= 0.3 is 0 Å². The number of nitrogens with zero attached hydrogens (tertiary/aromatic N) is 1. The van der Waals surface area contributed by atoms with Crippen LogP contribution in [0.15, 0.2) is 36.4 Å². The molecule has 3 rings (SSSR count). The number of halogens is 2. The Bertz CT molecular complexity index is 859. The maximum Gasteiger partial charge on any atom is 0.249 e. The number of hydrogen-bond acceptors (Lipinski definition) is 2. The fourth-order valence-electron chi connectivity index (χ4n) is 3.20. The monoisotopic (exact) mass is 392 g/mol. The van der Waals surface area contributed by atoms with Crippen LogP contribution < -0.4 is 15.5 Å². The first-order valence-corrected chi connectivity index (χ1v) is 10.8. The van der Waals surface area contributed by atoms with Crippen LogP contribution in [0.5, 0.6) is 0 Å². The molecule has 0 saturated carbocycles. The van der Waals surface area contributed by atoms with Crippen LogP contribution in [-0.2, 0) is 9.59 Å². The molecule has 0 spiro atoms. The number of rotatable bonds is 5. The van der Waals surface area contributed by atoms with E-state index in [2.05, 4.69) is 18.6 Å². The first kappa shape index (κ1) is 18.8. The molecule has 0 aliphatic carbocycles. The van der Waals surface area contributed by atoms with Gasteiger partial charge in [-0.15, -0.1) is 0 Å². The molecule has 1 aliphatic rings. The van der Waals surface area contributed by atoms with E-state index < -0.39 is 19.8 Å². The van der Waals surface area contributed by atoms with Gasteiger partial charge in [-0.05, 0) is 42.8 Å². The van der Waals surface area contributed by atoms with E-state index in [1.54, 1.807) is 12.1 Å². The Labute approximate surface area is 158 Å². The third-order valence-corrected chi connectivity index (χ3v) is 6.22. The van der Waals surface area contributed by atoms with Gasteiger partial charge in [0.1, 0.15) is 11.1 Å². The number of carbonyl (C=O) groups excluding carboxylic acids is 2. The predicted molar refractivity (Wildman–Crippen MR) is 105 cm³/mol. The first-order chi connectivity index (χ1) is 12.5. The van der Waals surface area contributed by atoms with Crippen LogP contribution >= 0.6 is 19.5 Å². The summed E-state index contributed by atoms with van der Waals surface area (Å²) in [5, 5.41) is 3.50. The largest absolute Gasteiger partial charge is 0.347 e. The zero-order valence-corrected chi connectivity index (χ0v) is 16.2. The van der Waals surface area contributed by atoms with Crippen LogP contribution in [-0.4, -0.2) is 38.2 Å². The minimum Gasteiger partial charge on any atom is -0.347 e. The summed E-state index contributed by atoms with van der Waals surface area (Å²) in [5.41, 5.74) is 1.59. The van der Waals surface area contributed by atoms with Crippen LogP contribution in [0, 0.1) is 5.82 Å². The molecule has 0 radical (unpaired) electrons. The van der Waals surface area contributed by atoms with Gasteiger partial charge in [-0.2, -0.15) is 0 Å². The Morgan fingerprint density at radius 3 is 2.65 bits per heavy atom. The zero-order chi connectivity index (χ0) is 18.8. The predicted octanol–water partition coefficient (Wildman–Crippen LogP) is 3.36. The van der Waals surface area contributed by atoms with Crippen molar-refractivity contribution in [2.75, 3.05) is 24.8 Å². The smallest absolute Gasteiger partial charge is 0.249 e. The minimum atomic E-state index is -0.587. The van der Waals surface area contributed by atoms with Crippen molar-refractivity contribution >= 4 is 42.8 Å². The van der Waals surface area contributed by atoms with Crippen LogP contribution in [0.25, 0.3) is 11.1 Å². The van der Waals surface area contributed by atoms with Crippen molar-refractivity contribution in [3.63, 3.8) is 0 Å². The molecule has 1 N–H and O–H groups in total. The number of amides is 2. The molecule has 4 nitrogen and oxygen atoms in total. The van der Waals surface area contributed by atoms with Crippen molar-refractivity contribution in [1.82, 2.24) is 5.32 Å². The van der Waals surface area contributed by atoms with E-state index in [9.17, 15) is 9.59 Å². The molecule has 1 saturated heterocycles. The second-order valence-electron chi connectivity index (χ2n) is 6.29. The average molecular weight is 393 g/mol. The molecule has 1 atom stereocenters. The Morgan fingerprint density at radius 2 is 1.96 bits per heavy atom. The quantitative estimate of drug-likeness (QED) is 0.626. The van der Waals surface area contributed by atoms with E-state index in [0.29, 0.717) is 30.6 Å². The normalized spacial score (nSPS) is 17.0. The summed E-state index contributed by atoms with van der Waals surface area (Å²) in [7, 11) is -0.411. The lowest BCUT2D eigenvalue weighted by molar-refractivity contribution is -0.121. The SMILES string of the molecule is CP(C)c1ccccc1-c1ccc(N2CCC(NC=O)C2=O)c(Cl)c1F. The number of anilines is 1. The number of carbonyl (C=O) groups is 2. The first-order valence-electron chi connectivity index (χ1n) is 8.21. The minimum absolute atomic E-state index is 0.0751. The van der Waals surface area contributed by atoms with Crippen LogP contribution in [0.4, 0.5) is 10.1 Å². The molecule has 1 unspecified atom stereocenters. The topological polar surface area (TPSA) is 49.4 Å². The van der Waals surface area contributed by atoms with Crippen molar-refractivity contribution in [2.24, 2.45) is 0 Å². The molecular formula is C19H19ClFN2O2P. The zero-order valence-electron chi connectivity index (χ0n) is 14.5. The van der Waals surface area contributed by atoms with Crippen molar-refractivity contribution in [3.8, 4) is 11.1 Å². The van der Waals surface area contributed by atoms with E-state index in [0.717, 1.165) is 10.9 Å². The van der Waals surface area contributed by atoms with Crippen LogP contribution in [0.1, 0.15) is 6.42 Å². The maximum absolute atomic E-state index is 15.1. The average Bonchev–Trinajstić information content (AvgIpc) is 2.98. The highest BCUT2D eigenvalue weighted by Gasteiger charge is 2.34. The fourth-order valence-corrected chi connectivity index (χ4v) is 4.53. The summed E-state index contributed by atoms with van der Waals surface area (Å²) >= 11 is 6.30. The van der Waals surface area contributed by atoms with Crippen molar-refractivity contribution in [3.05, 3.63) is 47.2 Å². The summed E-state index contributed by atoms with van der Waals surface area (Å²) in [4.78, 5) is 24.4. The summed E-state index contributed by atoms with van der Waals surface area (Å²) in [5.74, 6) is -0.815. The molecule has 2 aromatic carbocycles. The van der Waals surface area contributed by atoms with Gasteiger partial charge in [0, 0.05) is 12.1 Å². The van der Waals surface area contributed by atoms with Gasteiger partial charge < -0.3 is 10.2 Å². The lowest BCUT2D eigenvalue weighted by atomic mass is 10.0. The highest BCUT2D eigenvalue weighted by atomic mass is 35.5. The molecule has 1 fully saturated rings. The van der Waals surface area contributed by atoms with Crippen molar-refractivity contribution in [2.45, 2.75) is 12.5 Å². The van der Waals surface area contributed by atoms with Gasteiger partial charge in [0.25, 0.3) is 0 Å². The number of hydrogen-bond donors (Lipinski definition) is 1. The third-order valence-electron chi connectivity index (χ3n) is 4.50. The Balaban J connectivity index is 2.01. The Morgan fingerprint density at radius 1 is 1.23 bits per heavy atom. The van der Waals surface area contributed by atoms with E-state index >= 15 is 4.39 Å². The lowest BCUT2D eigenvalue weighted by Crippen LogP contribution is -2.37. The molecule has 2 aromatic rings. The standard InChI is InChI=1S/C19H19ClFN2O2P/c1-26(2)16-6-4-3-5-12(16)13-7-8-15(17(20)18(13)21)23-10-9-14(19(23)25)22-11-24/h3-8,11,14H,9-10H2,1-2H3,(H,22,24). The van der Waals surface area contributed by atoms with E-state index in [1.807, 2.05) is 24.3 Å². The fraction of sp³-hybridized carbons (Fsp3) is 0.263. The molecule has 0 bridgehead atoms. The van der Waals surface area contributed by atoms with Crippen molar-refractivity contribution < 1.29 is 14.0 Å².